The molecule has 0 saturated heterocycles. The number of hydrogen-bond acceptors (Lipinski definition) is 1. The van der Waals surface area contributed by atoms with Crippen molar-refractivity contribution in [1.29, 1.82) is 0 Å². The molecule has 1 rings (SSSR count). The molecule has 0 unspecified atom stereocenters. The third-order valence-electron chi connectivity index (χ3n) is 2.59. The molecule has 1 aromatic carbocycles. The van der Waals surface area contributed by atoms with Crippen LogP contribution in [0.25, 0.3) is 0 Å². The van der Waals surface area contributed by atoms with Gasteiger partial charge in [0.15, 0.2) is 0 Å². The number of carbonyl (C=O) groups is 1. The molecule has 0 atom stereocenters. The molecule has 0 N–H and O–H groups in total. The monoisotopic (exact) mass is 210 g/mol. The first-order valence-electron chi connectivity index (χ1n) is 4.97. The molecule has 0 amide bonds. The van der Waals surface area contributed by atoms with E-state index in [0.29, 0.717) is 16.5 Å². The normalized spacial score (nSPS) is 10.6. The van der Waals surface area contributed by atoms with Gasteiger partial charge in [0, 0.05) is 10.6 Å². The molecular weight excluding hydrogens is 196 g/mol. The second kappa shape index (κ2) is 5.16. The first-order chi connectivity index (χ1) is 6.72. The molecular formula is C12H15ClO. The Kier molecular flexibility index (Phi) is 4.15. The highest BCUT2D eigenvalue weighted by Crippen LogP contribution is 2.29. The summed E-state index contributed by atoms with van der Waals surface area (Å²) in [7, 11) is 0. The summed E-state index contributed by atoms with van der Waals surface area (Å²) < 4.78 is 0. The van der Waals surface area contributed by atoms with Gasteiger partial charge in [-0.25, -0.2) is 0 Å². The Labute approximate surface area is 90.1 Å². The number of aldehydes is 1. The van der Waals surface area contributed by atoms with E-state index in [1.54, 1.807) is 6.07 Å². The Morgan fingerprint density at radius 1 is 1.36 bits per heavy atom. The van der Waals surface area contributed by atoms with E-state index in [4.69, 9.17) is 11.6 Å². The van der Waals surface area contributed by atoms with Crippen LogP contribution in [0.3, 0.4) is 0 Å². The van der Waals surface area contributed by atoms with Crippen molar-refractivity contribution in [2.75, 3.05) is 0 Å². The summed E-state index contributed by atoms with van der Waals surface area (Å²) in [4.78, 5) is 10.5. The van der Waals surface area contributed by atoms with E-state index in [2.05, 4.69) is 13.8 Å². The van der Waals surface area contributed by atoms with Crippen molar-refractivity contribution in [1.82, 2.24) is 0 Å². The van der Waals surface area contributed by atoms with Gasteiger partial charge in [0.25, 0.3) is 0 Å². The van der Waals surface area contributed by atoms with Gasteiger partial charge < -0.3 is 0 Å². The maximum Gasteiger partial charge on any atom is 0.150 e. The van der Waals surface area contributed by atoms with E-state index >= 15 is 0 Å². The highest BCUT2D eigenvalue weighted by Gasteiger charge is 2.10. The second-order valence-corrected chi connectivity index (χ2v) is 3.82. The molecule has 1 nitrogen and oxygen atoms in total. The van der Waals surface area contributed by atoms with Crippen molar-refractivity contribution in [3.8, 4) is 0 Å². The van der Waals surface area contributed by atoms with Crippen LogP contribution in [0.15, 0.2) is 18.2 Å². The van der Waals surface area contributed by atoms with Crippen LogP contribution in [0, 0.1) is 0 Å². The molecule has 14 heavy (non-hydrogen) atoms. The molecule has 0 spiro atoms. The van der Waals surface area contributed by atoms with Gasteiger partial charge in [-0.2, -0.15) is 0 Å². The molecule has 0 aliphatic carbocycles. The highest BCUT2D eigenvalue weighted by atomic mass is 35.5. The summed E-state index contributed by atoms with van der Waals surface area (Å²) in [6.07, 6.45) is 2.98. The van der Waals surface area contributed by atoms with E-state index in [1.165, 1.54) is 0 Å². The van der Waals surface area contributed by atoms with Gasteiger partial charge in [-0.15, -0.1) is 0 Å². The van der Waals surface area contributed by atoms with Gasteiger partial charge in [-0.05, 0) is 30.4 Å². The summed E-state index contributed by atoms with van der Waals surface area (Å²) in [5.74, 6) is 0.503. The molecule has 1 aromatic rings. The van der Waals surface area contributed by atoms with E-state index < -0.39 is 0 Å². The minimum absolute atomic E-state index is 0.503. The Morgan fingerprint density at radius 3 is 2.43 bits per heavy atom. The van der Waals surface area contributed by atoms with Gasteiger partial charge >= 0.3 is 0 Å². The van der Waals surface area contributed by atoms with E-state index in [0.717, 1.165) is 24.7 Å². The molecule has 0 bridgehead atoms. The number of benzene rings is 1. The van der Waals surface area contributed by atoms with Crippen LogP contribution in [0.4, 0.5) is 0 Å². The lowest BCUT2D eigenvalue weighted by Crippen LogP contribution is -1.97. The van der Waals surface area contributed by atoms with Crippen LogP contribution in [0.5, 0.6) is 0 Å². The smallest absolute Gasteiger partial charge is 0.150 e. The summed E-state index contributed by atoms with van der Waals surface area (Å²) in [6, 6.07) is 5.53. The standard InChI is InChI=1S/C12H15ClO/c1-3-10(4-2)11-6-5-9(8-14)7-12(11)13/h5-8,10H,3-4H2,1-2H3. The van der Waals surface area contributed by atoms with Gasteiger partial charge in [0.05, 0.1) is 0 Å². The minimum Gasteiger partial charge on any atom is -0.298 e. The number of halogens is 1. The summed E-state index contributed by atoms with van der Waals surface area (Å²) in [5, 5.41) is 0.711. The van der Waals surface area contributed by atoms with E-state index in [1.807, 2.05) is 12.1 Å². The predicted molar refractivity (Wildman–Crippen MR) is 60.2 cm³/mol. The fourth-order valence-corrected chi connectivity index (χ4v) is 2.02. The van der Waals surface area contributed by atoms with Crippen molar-refractivity contribution in [3.05, 3.63) is 34.3 Å². The molecule has 0 fully saturated rings. The lowest BCUT2D eigenvalue weighted by Gasteiger charge is -2.14. The average Bonchev–Trinajstić information content (AvgIpc) is 2.22. The van der Waals surface area contributed by atoms with Crippen LogP contribution >= 0.6 is 11.6 Å². The third-order valence-corrected chi connectivity index (χ3v) is 2.91. The first kappa shape index (κ1) is 11.3. The molecule has 2 heteroatoms. The van der Waals surface area contributed by atoms with Crippen LogP contribution in [0.2, 0.25) is 5.02 Å². The molecule has 0 aliphatic heterocycles. The fourth-order valence-electron chi connectivity index (χ4n) is 1.68. The van der Waals surface area contributed by atoms with Crippen LogP contribution < -0.4 is 0 Å². The molecule has 0 radical (unpaired) electrons. The Bertz CT molecular complexity index is 316. The zero-order valence-electron chi connectivity index (χ0n) is 8.59. The molecule has 76 valence electrons. The number of rotatable bonds is 4. The second-order valence-electron chi connectivity index (χ2n) is 3.41. The number of hydrogen-bond donors (Lipinski definition) is 0. The van der Waals surface area contributed by atoms with Crippen molar-refractivity contribution in [3.63, 3.8) is 0 Å². The fraction of sp³-hybridized carbons (Fsp3) is 0.417. The maximum atomic E-state index is 10.5. The predicted octanol–water partition coefficient (Wildman–Crippen LogP) is 4.06. The van der Waals surface area contributed by atoms with Crippen LogP contribution in [0.1, 0.15) is 48.5 Å². The third kappa shape index (κ3) is 2.36. The van der Waals surface area contributed by atoms with E-state index in [9.17, 15) is 4.79 Å². The zero-order chi connectivity index (χ0) is 10.6. The molecule has 0 heterocycles. The summed E-state index contributed by atoms with van der Waals surface area (Å²) in [5.41, 5.74) is 1.80. The van der Waals surface area contributed by atoms with Gasteiger partial charge in [-0.1, -0.05) is 37.6 Å². The zero-order valence-corrected chi connectivity index (χ0v) is 9.34. The first-order valence-corrected chi connectivity index (χ1v) is 5.35. The Balaban J connectivity index is 3.03. The van der Waals surface area contributed by atoms with Gasteiger partial charge in [0.1, 0.15) is 6.29 Å². The van der Waals surface area contributed by atoms with Gasteiger partial charge in [0.2, 0.25) is 0 Å². The van der Waals surface area contributed by atoms with Crippen molar-refractivity contribution < 1.29 is 4.79 Å². The lowest BCUT2D eigenvalue weighted by atomic mass is 9.93. The average molecular weight is 211 g/mol. The molecule has 0 aromatic heterocycles. The molecule has 0 saturated carbocycles. The number of carbonyl (C=O) groups excluding carboxylic acids is 1. The summed E-state index contributed by atoms with van der Waals surface area (Å²) in [6.45, 7) is 4.30. The molecule has 0 aliphatic rings. The topological polar surface area (TPSA) is 17.1 Å². The highest BCUT2D eigenvalue weighted by molar-refractivity contribution is 6.31. The van der Waals surface area contributed by atoms with Crippen molar-refractivity contribution >= 4 is 17.9 Å². The maximum absolute atomic E-state index is 10.5. The largest absolute Gasteiger partial charge is 0.298 e. The quantitative estimate of drug-likeness (QED) is 0.685. The van der Waals surface area contributed by atoms with Gasteiger partial charge in [-0.3, -0.25) is 4.79 Å². The van der Waals surface area contributed by atoms with Crippen molar-refractivity contribution in [2.24, 2.45) is 0 Å². The SMILES string of the molecule is CCC(CC)c1ccc(C=O)cc1Cl. The Hall–Kier alpha value is -0.820. The summed E-state index contributed by atoms with van der Waals surface area (Å²) >= 11 is 6.10. The van der Waals surface area contributed by atoms with Crippen LogP contribution in [-0.2, 0) is 0 Å². The van der Waals surface area contributed by atoms with Crippen molar-refractivity contribution in [2.45, 2.75) is 32.6 Å². The van der Waals surface area contributed by atoms with Crippen LogP contribution in [-0.4, -0.2) is 6.29 Å². The lowest BCUT2D eigenvalue weighted by molar-refractivity contribution is 0.112. The Morgan fingerprint density at radius 2 is 2.00 bits per heavy atom. The van der Waals surface area contributed by atoms with E-state index in [-0.39, 0.29) is 0 Å². The minimum atomic E-state index is 0.503.